The Balaban J connectivity index is 2.19. The average Bonchev–Trinajstić information content (AvgIpc) is 2.68. The summed E-state index contributed by atoms with van der Waals surface area (Å²) in [6.07, 6.45) is -0.190. The first-order valence-electron chi connectivity index (χ1n) is 8.82. The summed E-state index contributed by atoms with van der Waals surface area (Å²) in [7, 11) is 2.07. The lowest BCUT2D eigenvalue weighted by Gasteiger charge is -2.19. The van der Waals surface area contributed by atoms with Gasteiger partial charge in [-0.25, -0.2) is 4.79 Å². The van der Waals surface area contributed by atoms with E-state index in [1.807, 2.05) is 19.0 Å². The molecule has 0 unspecified atom stereocenters. The fraction of sp³-hybridized carbons (Fsp3) is 0.263. The fourth-order valence-electron chi connectivity index (χ4n) is 2.85. The molecule has 0 aliphatic carbocycles. The number of phenols is 1. The number of rotatable bonds is 9. The molecule has 10 heteroatoms. The van der Waals surface area contributed by atoms with Crippen molar-refractivity contribution < 1.29 is 24.8 Å². The van der Waals surface area contributed by atoms with Crippen LogP contribution < -0.4 is 5.32 Å². The zero-order valence-corrected chi connectivity index (χ0v) is 16.1. The van der Waals surface area contributed by atoms with E-state index in [1.165, 1.54) is 18.2 Å². The van der Waals surface area contributed by atoms with E-state index in [0.29, 0.717) is 12.1 Å². The van der Waals surface area contributed by atoms with E-state index in [0.717, 1.165) is 5.56 Å². The lowest BCUT2D eigenvalue weighted by molar-refractivity contribution is 0.0693. The molecule has 0 bridgehead atoms. The molecule has 29 heavy (non-hydrogen) atoms. The van der Waals surface area contributed by atoms with Crippen molar-refractivity contribution in [1.29, 1.82) is 0 Å². The monoisotopic (exact) mass is 399 g/mol. The molecule has 2 aromatic carbocycles. The van der Waals surface area contributed by atoms with Crippen LogP contribution in [-0.4, -0.2) is 59.1 Å². The minimum absolute atomic E-state index is 0.152. The first-order valence-corrected chi connectivity index (χ1v) is 8.82. The second-order valence-corrected chi connectivity index (χ2v) is 6.86. The summed E-state index contributed by atoms with van der Waals surface area (Å²) in [5.41, 5.74) is 1.16. The summed E-state index contributed by atoms with van der Waals surface area (Å²) < 4.78 is 0. The minimum atomic E-state index is -1.78. The largest absolute Gasteiger partial charge is 0.507 e. The summed E-state index contributed by atoms with van der Waals surface area (Å²) >= 11 is 0. The van der Waals surface area contributed by atoms with Crippen LogP contribution in [0.2, 0.25) is 0 Å². The van der Waals surface area contributed by atoms with Gasteiger partial charge >= 0.3 is 13.0 Å². The number of carbonyl (C=O) groups excluding carboxylic acids is 1. The molecule has 2 rings (SSSR count). The number of carboxylic acid groups (broad SMARTS) is 1. The molecule has 1 atom stereocenters. The number of nitrogens with zero attached hydrogens (tertiary/aromatic N) is 2. The van der Waals surface area contributed by atoms with Crippen LogP contribution in [0.4, 0.5) is 0 Å². The van der Waals surface area contributed by atoms with Gasteiger partial charge < -0.3 is 25.5 Å². The van der Waals surface area contributed by atoms with Crippen molar-refractivity contribution >= 4 is 18.9 Å². The Kier molecular flexibility index (Phi) is 7.46. The number of aromatic hydroxyl groups is 1. The van der Waals surface area contributed by atoms with Crippen LogP contribution in [0.15, 0.2) is 47.6 Å². The van der Waals surface area contributed by atoms with Gasteiger partial charge in [0, 0.05) is 12.1 Å². The Hall–Kier alpha value is -3.24. The maximum absolute atomic E-state index is 12.5. The lowest BCUT2D eigenvalue weighted by Crippen LogP contribution is -2.47. The predicted octanol–water partition coefficient (Wildman–Crippen LogP) is 1.28. The smallest absolute Gasteiger partial charge is 0.506 e. The molecule has 0 saturated heterocycles. The number of carboxylic acids is 1. The summed E-state index contributed by atoms with van der Waals surface area (Å²) in [5, 5.41) is 34.2. The fourth-order valence-corrected chi connectivity index (χ4v) is 2.85. The maximum Gasteiger partial charge on any atom is 0.506 e. The highest BCUT2D eigenvalue weighted by Gasteiger charge is 2.30. The van der Waals surface area contributed by atoms with E-state index < -0.39 is 30.6 Å². The van der Waals surface area contributed by atoms with Gasteiger partial charge in [-0.05, 0) is 49.8 Å². The average molecular weight is 399 g/mol. The minimum Gasteiger partial charge on any atom is -0.507 e. The van der Waals surface area contributed by atoms with Gasteiger partial charge in [0.05, 0.1) is 5.94 Å². The Labute approximate surface area is 168 Å². The molecule has 2 aromatic rings. The second kappa shape index (κ2) is 9.81. The van der Waals surface area contributed by atoms with Crippen LogP contribution in [0.1, 0.15) is 31.8 Å². The molecular formula is C19H22BN3O6. The molecule has 4 N–H and O–H groups in total. The molecule has 9 nitrogen and oxygen atoms in total. The van der Waals surface area contributed by atoms with E-state index >= 15 is 0 Å². The van der Waals surface area contributed by atoms with Gasteiger partial charge in [0.15, 0.2) is 0 Å². The van der Waals surface area contributed by atoms with Crippen LogP contribution in [-0.2, 0) is 13.0 Å². The standard InChI is InChI=1S/C19H22BN3O6/c1-23(2)11-12-6-8-13(9-7-12)18(25)21-16(20(28)22-29)10-14-4-3-5-15(17(14)24)19(26)27/h3-9,16,24,28H,10-11H2,1-2H3,(H,21,25)(H,26,27)/t16-/m0/s1. The number of nitrogens with one attached hydrogen (secondary N) is 1. The quantitative estimate of drug-likeness (QED) is 0.368. The molecule has 0 radical (unpaired) electrons. The molecule has 0 aliphatic heterocycles. The SMILES string of the molecule is CN(C)Cc1ccc(C(=O)N[C@@H](Cc2cccc(C(=O)O)c2O)B(O)N=O)cc1. The molecule has 0 heterocycles. The van der Waals surface area contributed by atoms with E-state index in [-0.39, 0.29) is 17.5 Å². The maximum atomic E-state index is 12.5. The van der Waals surface area contributed by atoms with Gasteiger partial charge in [0.2, 0.25) is 0 Å². The molecule has 0 fully saturated rings. The molecular weight excluding hydrogens is 377 g/mol. The molecule has 0 spiro atoms. The molecule has 0 aliphatic rings. The van der Waals surface area contributed by atoms with Gasteiger partial charge in [0.1, 0.15) is 11.3 Å². The number of para-hydroxylation sites is 1. The van der Waals surface area contributed by atoms with Crippen molar-refractivity contribution in [2.24, 2.45) is 5.09 Å². The van der Waals surface area contributed by atoms with Crippen LogP contribution in [0.3, 0.4) is 0 Å². The van der Waals surface area contributed by atoms with Crippen molar-refractivity contribution in [1.82, 2.24) is 10.2 Å². The summed E-state index contributed by atoms with van der Waals surface area (Å²) in [6.45, 7) is 0.706. The lowest BCUT2D eigenvalue weighted by atomic mass is 9.71. The summed E-state index contributed by atoms with van der Waals surface area (Å²) in [5.74, 6) is -3.51. The van der Waals surface area contributed by atoms with Gasteiger partial charge in [0.25, 0.3) is 5.91 Å². The van der Waals surface area contributed by atoms with Crippen molar-refractivity contribution in [2.45, 2.75) is 18.9 Å². The third-order valence-electron chi connectivity index (χ3n) is 4.29. The number of nitroso groups, excluding NO2 is 1. The molecule has 1 amide bonds. The van der Waals surface area contributed by atoms with Gasteiger partial charge in [-0.1, -0.05) is 29.4 Å². The zero-order valence-electron chi connectivity index (χ0n) is 16.1. The number of aromatic carboxylic acids is 1. The highest BCUT2D eigenvalue weighted by Crippen LogP contribution is 2.24. The van der Waals surface area contributed by atoms with Crippen molar-refractivity contribution in [3.8, 4) is 5.75 Å². The van der Waals surface area contributed by atoms with E-state index in [9.17, 15) is 24.6 Å². The van der Waals surface area contributed by atoms with E-state index in [1.54, 1.807) is 24.3 Å². The van der Waals surface area contributed by atoms with Crippen molar-refractivity contribution in [2.75, 3.05) is 14.1 Å². The van der Waals surface area contributed by atoms with Crippen molar-refractivity contribution in [3.63, 3.8) is 0 Å². The predicted molar refractivity (Wildman–Crippen MR) is 108 cm³/mol. The first-order chi connectivity index (χ1) is 13.7. The van der Waals surface area contributed by atoms with Gasteiger partial charge in [-0.2, -0.15) is 4.91 Å². The van der Waals surface area contributed by atoms with Crippen LogP contribution in [0, 0.1) is 4.91 Å². The van der Waals surface area contributed by atoms with Gasteiger partial charge in [-0.3, -0.25) is 4.79 Å². The Bertz CT molecular complexity index is 888. The molecule has 0 aromatic heterocycles. The van der Waals surface area contributed by atoms with Crippen molar-refractivity contribution in [3.05, 3.63) is 69.6 Å². The Morgan fingerprint density at radius 1 is 1.17 bits per heavy atom. The summed E-state index contributed by atoms with van der Waals surface area (Å²) in [4.78, 5) is 36.5. The highest BCUT2D eigenvalue weighted by molar-refractivity contribution is 6.50. The third-order valence-corrected chi connectivity index (χ3v) is 4.29. The number of amides is 1. The number of carbonyl (C=O) groups is 2. The molecule has 0 saturated carbocycles. The van der Waals surface area contributed by atoms with Crippen LogP contribution in [0.25, 0.3) is 0 Å². The number of hydrogen-bond donors (Lipinski definition) is 4. The number of benzene rings is 2. The zero-order chi connectivity index (χ0) is 21.6. The molecule has 152 valence electrons. The van der Waals surface area contributed by atoms with Gasteiger partial charge in [-0.15, -0.1) is 0 Å². The highest BCUT2D eigenvalue weighted by atomic mass is 16.4. The van der Waals surface area contributed by atoms with Crippen LogP contribution >= 0.6 is 0 Å². The van der Waals surface area contributed by atoms with E-state index in [2.05, 4.69) is 10.4 Å². The number of hydrogen-bond acceptors (Lipinski definition) is 7. The Morgan fingerprint density at radius 2 is 1.83 bits per heavy atom. The van der Waals surface area contributed by atoms with Crippen LogP contribution in [0.5, 0.6) is 5.75 Å². The Morgan fingerprint density at radius 3 is 2.38 bits per heavy atom. The first kappa shape index (κ1) is 22.1. The topological polar surface area (TPSA) is 140 Å². The normalized spacial score (nSPS) is 11.7. The van der Waals surface area contributed by atoms with E-state index in [4.69, 9.17) is 5.11 Å². The second-order valence-electron chi connectivity index (χ2n) is 6.86. The third kappa shape index (κ3) is 5.87. The summed E-state index contributed by atoms with van der Waals surface area (Å²) in [6, 6.07) is 10.9.